The van der Waals surface area contributed by atoms with Gasteiger partial charge in [-0.2, -0.15) is 17.6 Å². The molecule has 3 aromatic heterocycles. The van der Waals surface area contributed by atoms with E-state index in [9.17, 15) is 0 Å². The monoisotopic (exact) mass is 1760 g/mol. The summed E-state index contributed by atoms with van der Waals surface area (Å²) in [5, 5.41) is -5.10. The van der Waals surface area contributed by atoms with Gasteiger partial charge in [-0.25, -0.2) is 65.0 Å². The van der Waals surface area contributed by atoms with Crippen molar-refractivity contribution in [2.75, 3.05) is 26.4 Å². The molecule has 20 atom stereocenters. The van der Waals surface area contributed by atoms with Crippen molar-refractivity contribution in [2.45, 2.75) is 280 Å². The van der Waals surface area contributed by atoms with Gasteiger partial charge in [-0.15, -0.1) is 0 Å². The number of aromatic nitrogens is 8. The summed E-state index contributed by atoms with van der Waals surface area (Å²) >= 11 is 0. The van der Waals surface area contributed by atoms with Crippen LogP contribution in [0.15, 0.2) is 0 Å². The molecule has 0 spiro atoms. The van der Waals surface area contributed by atoms with Crippen LogP contribution < -0.4 is 18.9 Å². The molecule has 666 valence electrons. The van der Waals surface area contributed by atoms with E-state index in [1.54, 1.807) is 111 Å². The van der Waals surface area contributed by atoms with Gasteiger partial charge in [-0.3, -0.25) is 0 Å². The normalized spacial score (nSPS) is 34.0. The Kier molecular flexibility index (Phi) is 18.5. The second-order valence-corrected chi connectivity index (χ2v) is 35.8. The molecule has 0 unspecified atom stereocenters. The summed E-state index contributed by atoms with van der Waals surface area (Å²) < 4.78 is 362. The van der Waals surface area contributed by atoms with Gasteiger partial charge in [0.15, 0.2) is 164 Å². The first-order valence-corrected chi connectivity index (χ1v) is 39.8. The molecule has 12 saturated heterocycles. The summed E-state index contributed by atoms with van der Waals surface area (Å²) in [5.41, 5.74) is -9.86. The van der Waals surface area contributed by atoms with Crippen molar-refractivity contribution in [3.8, 4) is 68.5 Å². The molecule has 12 fully saturated rings. The predicted molar refractivity (Wildman–Crippen MR) is 388 cm³/mol. The molecule has 2 N–H and O–H groups in total. The smallest absolute Gasteiger partial charge is 0.204 e. The van der Waals surface area contributed by atoms with Crippen LogP contribution in [0.4, 0.5) is 52.7 Å². The highest BCUT2D eigenvalue weighted by atomic mass is 19.2. The molecule has 14 aliphatic heterocycles. The minimum atomic E-state index is -2.14. The van der Waals surface area contributed by atoms with E-state index in [2.05, 4.69) is 39.9 Å². The third-order valence-corrected chi connectivity index (χ3v) is 23.3. The number of aromatic amines is 2. The summed E-state index contributed by atoms with van der Waals surface area (Å²) in [4.78, 5) is 30.7. The van der Waals surface area contributed by atoms with Gasteiger partial charge in [0, 0.05) is 0 Å². The minimum Gasteiger partial charge on any atom is -0.485 e. The molecule has 8 bridgehead atoms. The van der Waals surface area contributed by atoms with Gasteiger partial charge in [0.1, 0.15) is 147 Å². The SMILES string of the molecule is CC1(C)O[C@H]2[C@@H](O1)[C@@H](COc1c(F)c(F)c3c(c1F)-c1nc-3nc3[nH]c(nc4nc(nc5[nH]c(n1)c1c(F)c(F)c(OC[C@H]6O[C@@H]7OC(C)(C)O[C@@H]7[C@H]7OC(C)(C)O[C@H]76)c(F)c51)-c1c(F)c(F)c(OC[C@H]5O[C@@H]6OC(C)(C)O[C@@H]6[C@H]6OC(C)(C)O[C@H]65)c(F)c1-4)c1c(F)c(F)c(OC[C@H]4O[C@@H]5OC(C)(C)O[C@@H]5[C@H]5OC(C)(C)O[C@H]54)c(F)c31)O[C@@H]1OC(C)(C)O[C@@H]12. The van der Waals surface area contributed by atoms with E-state index < -0.39 is 378 Å². The molecule has 7 aromatic rings. The summed E-state index contributed by atoms with van der Waals surface area (Å²) in [6.07, 6.45) is -22.5. The molecule has 14 aliphatic rings. The Hall–Kier alpha value is -8.20. The maximum absolute atomic E-state index is 18.5. The average Bonchev–Trinajstić information content (AvgIpc) is 1.55. The molecule has 0 saturated carbocycles. The summed E-state index contributed by atoms with van der Waals surface area (Å²) in [5.74, 6) is -46.1. The first-order valence-electron chi connectivity index (χ1n) is 39.8. The summed E-state index contributed by atoms with van der Waals surface area (Å²) in [6.45, 7) is 21.6. The fourth-order valence-corrected chi connectivity index (χ4v) is 18.7. The van der Waals surface area contributed by atoms with Crippen molar-refractivity contribution < 1.29 is 166 Å². The van der Waals surface area contributed by atoms with Crippen LogP contribution in [0.5, 0.6) is 23.0 Å². The van der Waals surface area contributed by atoms with Crippen LogP contribution in [-0.4, -0.2) is 235 Å². The lowest BCUT2D eigenvalue weighted by molar-refractivity contribution is -0.238. The van der Waals surface area contributed by atoms with Gasteiger partial charge >= 0.3 is 0 Å². The van der Waals surface area contributed by atoms with E-state index in [-0.39, 0.29) is 0 Å². The largest absolute Gasteiger partial charge is 0.485 e. The highest BCUT2D eigenvalue weighted by molar-refractivity contribution is 6.08. The number of rotatable bonds is 12. The van der Waals surface area contributed by atoms with Crippen LogP contribution in [0.2, 0.25) is 0 Å². The lowest BCUT2D eigenvalue weighted by atomic mass is 9.99. The quantitative estimate of drug-likeness (QED) is 0.0847. The van der Waals surface area contributed by atoms with Crippen molar-refractivity contribution >= 4 is 44.1 Å². The molecule has 44 heteroatoms. The van der Waals surface area contributed by atoms with E-state index in [1.165, 1.54) is 0 Å². The Labute approximate surface area is 692 Å². The lowest BCUT2D eigenvalue weighted by Crippen LogP contribution is -2.56. The first kappa shape index (κ1) is 82.8. The maximum Gasteiger partial charge on any atom is 0.204 e. The number of halogens is 12. The van der Waals surface area contributed by atoms with Gasteiger partial charge in [0.2, 0.25) is 23.3 Å². The number of ether oxygens (including phenoxy) is 24. The summed E-state index contributed by atoms with van der Waals surface area (Å²) in [6, 6.07) is 0. The number of H-pyrrole nitrogens is 2. The van der Waals surface area contributed by atoms with Gasteiger partial charge in [0.05, 0.1) is 43.8 Å². The third kappa shape index (κ3) is 13.2. The Bertz CT molecular complexity index is 5560. The first-order chi connectivity index (χ1) is 58.2. The molecule has 32 nitrogen and oxygen atoms in total. The number of hydrogen-bond acceptors (Lipinski definition) is 30. The zero-order chi connectivity index (χ0) is 87.5. The van der Waals surface area contributed by atoms with E-state index in [4.69, 9.17) is 114 Å². The Morgan fingerprint density at radius 3 is 0.669 bits per heavy atom. The standard InChI is InChI=1S/C80H78F12N8O24/c1-73(2)109-45-21(105-69-57(53(45)113-73)117-77(9,10)121-69)17-101-49-37(85)29-25(33(81)41(49)89)61-93-65(29)97-62-26-30(38(86)50(42(90)34(26)82)102-18-22-46-54(114-74(3,4)110-46)58-70(106-22)122-78(11,12)118-58)67(94-62)99-64-28-32(40(88)52(44(92)36(28)84)104-20-24-48-56(116-76(7,8)112-48)60-72(108-24)124-80(15,16)120-60)68(96-64)100-63-27-31(66(95-63)98-61)39(87)51(43(91)35(27)83)103-19-23-47-55(115-75(5,6)111-47)59-71(107-23)123-79(13,14)119-59/h21-24,45-48,53-60,69-72H,17-20H2,1-16H3,(H2,93,94,95,96,97,98,99,100)/t21-,22-,23-,24-,45+,46+,47+,48+,53+,54+,55+,56+,57-,58-,59-,60-,69-,70-,71-,72-/m1/s1. The molecular weight excluding hydrogens is 1680 g/mol. The Morgan fingerprint density at radius 2 is 0.419 bits per heavy atom. The zero-order valence-corrected chi connectivity index (χ0v) is 68.4. The van der Waals surface area contributed by atoms with Crippen molar-refractivity contribution in [3.05, 3.63) is 69.8 Å². The van der Waals surface area contributed by atoms with E-state index in [0.717, 1.165) is 0 Å². The topological polar surface area (TPSA) is 330 Å². The minimum absolute atomic E-state index is 0.901. The molecule has 0 amide bonds. The van der Waals surface area contributed by atoms with Gasteiger partial charge in [0.25, 0.3) is 0 Å². The second kappa shape index (κ2) is 27.7. The van der Waals surface area contributed by atoms with Crippen molar-refractivity contribution in [1.82, 2.24) is 39.9 Å². The van der Waals surface area contributed by atoms with Gasteiger partial charge in [-0.1, -0.05) is 0 Å². The van der Waals surface area contributed by atoms with E-state index in [1.807, 2.05) is 0 Å². The van der Waals surface area contributed by atoms with Crippen molar-refractivity contribution in [2.24, 2.45) is 0 Å². The molecule has 124 heavy (non-hydrogen) atoms. The molecule has 0 radical (unpaired) electrons. The van der Waals surface area contributed by atoms with Gasteiger partial charge < -0.3 is 124 Å². The Morgan fingerprint density at radius 1 is 0.226 bits per heavy atom. The van der Waals surface area contributed by atoms with Crippen molar-refractivity contribution in [3.63, 3.8) is 0 Å². The van der Waals surface area contributed by atoms with Crippen LogP contribution in [0.25, 0.3) is 89.7 Å². The summed E-state index contributed by atoms with van der Waals surface area (Å²) in [7, 11) is 0. The average molecular weight is 1760 g/mol. The highest BCUT2D eigenvalue weighted by Gasteiger charge is 2.66. The molecule has 4 aromatic carbocycles. The van der Waals surface area contributed by atoms with Crippen molar-refractivity contribution in [1.29, 1.82) is 0 Å². The molecule has 0 aliphatic carbocycles. The van der Waals surface area contributed by atoms with Gasteiger partial charge in [-0.05, 0) is 111 Å². The Balaban J connectivity index is 0.766. The van der Waals surface area contributed by atoms with Crippen LogP contribution in [0.3, 0.4) is 0 Å². The zero-order valence-electron chi connectivity index (χ0n) is 68.4. The predicted octanol–water partition coefficient (Wildman–Crippen LogP) is 11.6. The number of nitrogens with zero attached hydrogens (tertiary/aromatic N) is 6. The number of nitrogens with one attached hydrogen (secondary N) is 2. The highest BCUT2D eigenvalue weighted by Crippen LogP contribution is 2.54. The van der Waals surface area contributed by atoms with Crippen LogP contribution >= 0.6 is 0 Å². The second-order valence-electron chi connectivity index (χ2n) is 35.8. The molecular formula is C80H78F12N8O24. The van der Waals surface area contributed by atoms with Crippen LogP contribution in [0.1, 0.15) is 111 Å². The van der Waals surface area contributed by atoms with E-state index >= 15 is 52.7 Å². The van der Waals surface area contributed by atoms with Crippen LogP contribution in [0, 0.1) is 69.8 Å². The third-order valence-electron chi connectivity index (χ3n) is 23.3. The van der Waals surface area contributed by atoms with Crippen LogP contribution in [-0.2, 0) is 94.7 Å². The van der Waals surface area contributed by atoms with E-state index in [0.29, 0.717) is 0 Å². The number of fused-ring (bicyclic) bond motifs is 32. The molecule has 21 rings (SSSR count). The fourth-order valence-electron chi connectivity index (χ4n) is 18.7. The number of hydrogen-bond donors (Lipinski definition) is 2. The lowest BCUT2D eigenvalue weighted by Gasteiger charge is -2.37. The molecule has 17 heterocycles. The maximum atomic E-state index is 18.5. The fraction of sp³-hybridized carbons (Fsp3) is 0.600. The number of benzene rings is 4.